The van der Waals surface area contributed by atoms with Gasteiger partial charge in [-0.3, -0.25) is 9.79 Å². The zero-order valence-corrected chi connectivity index (χ0v) is 21.2. The molecule has 32 heavy (non-hydrogen) atoms. The van der Waals surface area contributed by atoms with Crippen LogP contribution < -0.4 is 15.5 Å². The van der Waals surface area contributed by atoms with Crippen molar-refractivity contribution >= 4 is 47.2 Å². The second-order valence-corrected chi connectivity index (χ2v) is 7.81. The standard InChI is InChI=1S/C23H31FN6O.HI/c1-25-23(30-13-11-29(12-14-30)21-10-5-4-9-20(21)24)26-16-18-7-6-8-19(15-18)27-22(31)17-28(2)3;/h4-10,15H,11-14,16-17H2,1-3H3,(H,25,26)(H,27,31);1H. The summed E-state index contributed by atoms with van der Waals surface area (Å²) < 4.78 is 14.1. The van der Waals surface area contributed by atoms with Crippen molar-refractivity contribution in [3.8, 4) is 0 Å². The van der Waals surface area contributed by atoms with Crippen LogP contribution in [0.4, 0.5) is 15.8 Å². The van der Waals surface area contributed by atoms with Crippen molar-refractivity contribution < 1.29 is 9.18 Å². The molecule has 174 valence electrons. The summed E-state index contributed by atoms with van der Waals surface area (Å²) >= 11 is 0. The van der Waals surface area contributed by atoms with E-state index in [1.807, 2.05) is 55.4 Å². The van der Waals surface area contributed by atoms with E-state index < -0.39 is 0 Å². The van der Waals surface area contributed by atoms with Crippen LogP contribution in [-0.4, -0.2) is 75.5 Å². The van der Waals surface area contributed by atoms with Crippen molar-refractivity contribution in [2.24, 2.45) is 4.99 Å². The Morgan fingerprint density at radius 2 is 1.81 bits per heavy atom. The van der Waals surface area contributed by atoms with Crippen molar-refractivity contribution in [2.75, 3.05) is 64.1 Å². The van der Waals surface area contributed by atoms with Gasteiger partial charge in [0.1, 0.15) is 5.82 Å². The third-order valence-electron chi connectivity index (χ3n) is 5.11. The van der Waals surface area contributed by atoms with Gasteiger partial charge in [0.2, 0.25) is 5.91 Å². The van der Waals surface area contributed by atoms with Crippen LogP contribution in [-0.2, 0) is 11.3 Å². The number of carbonyl (C=O) groups is 1. The fraction of sp³-hybridized carbons (Fsp3) is 0.391. The van der Waals surface area contributed by atoms with E-state index in [-0.39, 0.29) is 35.7 Å². The van der Waals surface area contributed by atoms with Gasteiger partial charge in [-0.1, -0.05) is 24.3 Å². The average molecular weight is 554 g/mol. The number of rotatable bonds is 6. The van der Waals surface area contributed by atoms with Crippen LogP contribution in [0.2, 0.25) is 0 Å². The first-order valence-corrected chi connectivity index (χ1v) is 10.4. The Morgan fingerprint density at radius 1 is 1.09 bits per heavy atom. The molecule has 1 aliphatic rings. The molecule has 9 heteroatoms. The van der Waals surface area contributed by atoms with Gasteiger partial charge in [0, 0.05) is 45.5 Å². The molecule has 0 bridgehead atoms. The van der Waals surface area contributed by atoms with Crippen LogP contribution in [0.5, 0.6) is 0 Å². The van der Waals surface area contributed by atoms with Crippen molar-refractivity contribution in [2.45, 2.75) is 6.54 Å². The number of halogens is 2. The number of hydrogen-bond donors (Lipinski definition) is 2. The number of hydrogen-bond acceptors (Lipinski definition) is 4. The number of aliphatic imine (C=N–C) groups is 1. The highest BCUT2D eigenvalue weighted by atomic mass is 127. The van der Waals surface area contributed by atoms with Gasteiger partial charge in [0.05, 0.1) is 12.2 Å². The average Bonchev–Trinajstić information content (AvgIpc) is 2.75. The van der Waals surface area contributed by atoms with E-state index in [1.54, 1.807) is 13.1 Å². The van der Waals surface area contributed by atoms with E-state index in [2.05, 4.69) is 25.4 Å². The van der Waals surface area contributed by atoms with Crippen molar-refractivity contribution in [3.63, 3.8) is 0 Å². The predicted octanol–water partition coefficient (Wildman–Crippen LogP) is 2.84. The number of carbonyl (C=O) groups excluding carboxylic acids is 1. The molecule has 2 aromatic carbocycles. The van der Waals surface area contributed by atoms with E-state index in [9.17, 15) is 9.18 Å². The smallest absolute Gasteiger partial charge is 0.238 e. The molecule has 1 aliphatic heterocycles. The number of anilines is 2. The zero-order chi connectivity index (χ0) is 22.2. The number of nitrogens with zero attached hydrogens (tertiary/aromatic N) is 4. The molecule has 0 unspecified atom stereocenters. The van der Waals surface area contributed by atoms with E-state index >= 15 is 0 Å². The lowest BCUT2D eigenvalue weighted by atomic mass is 10.2. The highest BCUT2D eigenvalue weighted by Gasteiger charge is 2.21. The topological polar surface area (TPSA) is 63.2 Å². The number of benzene rings is 2. The molecule has 0 radical (unpaired) electrons. The molecule has 2 N–H and O–H groups in total. The van der Waals surface area contributed by atoms with Gasteiger partial charge in [-0.25, -0.2) is 4.39 Å². The Bertz CT molecular complexity index is 915. The summed E-state index contributed by atoms with van der Waals surface area (Å²) in [6.07, 6.45) is 0. The molecule has 0 atom stereocenters. The van der Waals surface area contributed by atoms with Crippen molar-refractivity contribution in [3.05, 3.63) is 59.9 Å². The summed E-state index contributed by atoms with van der Waals surface area (Å²) in [5.74, 6) is 0.588. The van der Waals surface area contributed by atoms with Crippen LogP contribution in [0.3, 0.4) is 0 Å². The van der Waals surface area contributed by atoms with Crippen molar-refractivity contribution in [1.82, 2.24) is 15.1 Å². The molecule has 0 spiro atoms. The zero-order valence-electron chi connectivity index (χ0n) is 18.8. The quantitative estimate of drug-likeness (QED) is 0.327. The molecule has 7 nitrogen and oxygen atoms in total. The minimum absolute atomic E-state index is 0. The molecule has 1 heterocycles. The molecule has 2 aromatic rings. The highest BCUT2D eigenvalue weighted by molar-refractivity contribution is 14.0. The normalized spacial score (nSPS) is 14.2. The number of guanidine groups is 1. The Balaban J connectivity index is 0.00000363. The van der Waals surface area contributed by atoms with Gasteiger partial charge in [-0.2, -0.15) is 0 Å². The van der Waals surface area contributed by atoms with Gasteiger partial charge < -0.3 is 25.3 Å². The summed E-state index contributed by atoms with van der Waals surface area (Å²) in [4.78, 5) is 22.5. The Kier molecular flexibility index (Phi) is 10.2. The van der Waals surface area contributed by atoms with Crippen LogP contribution in [0.1, 0.15) is 5.56 Å². The molecule has 1 amide bonds. The lowest BCUT2D eigenvalue weighted by Gasteiger charge is -2.37. The molecule has 3 rings (SSSR count). The molecule has 0 saturated carbocycles. The van der Waals surface area contributed by atoms with E-state index in [0.717, 1.165) is 43.4 Å². The van der Waals surface area contributed by atoms with Gasteiger partial charge in [-0.05, 0) is 43.9 Å². The predicted molar refractivity (Wildman–Crippen MR) is 139 cm³/mol. The fourth-order valence-electron chi connectivity index (χ4n) is 3.63. The van der Waals surface area contributed by atoms with Gasteiger partial charge in [0.15, 0.2) is 5.96 Å². The van der Waals surface area contributed by atoms with Gasteiger partial charge in [0.25, 0.3) is 0 Å². The van der Waals surface area contributed by atoms with Crippen LogP contribution >= 0.6 is 24.0 Å². The minimum atomic E-state index is -0.184. The fourth-order valence-corrected chi connectivity index (χ4v) is 3.63. The Hall–Kier alpha value is -2.40. The van der Waals surface area contributed by atoms with E-state index in [1.165, 1.54) is 6.07 Å². The molecule has 1 fully saturated rings. The maximum absolute atomic E-state index is 14.1. The van der Waals surface area contributed by atoms with Crippen LogP contribution in [0.25, 0.3) is 0 Å². The van der Waals surface area contributed by atoms with Gasteiger partial charge in [-0.15, -0.1) is 24.0 Å². The molecule has 0 aromatic heterocycles. The number of nitrogens with one attached hydrogen (secondary N) is 2. The number of para-hydroxylation sites is 1. The monoisotopic (exact) mass is 554 g/mol. The summed E-state index contributed by atoms with van der Waals surface area (Å²) in [6.45, 7) is 3.92. The summed E-state index contributed by atoms with van der Waals surface area (Å²) in [5.41, 5.74) is 2.48. The Labute approximate surface area is 206 Å². The summed E-state index contributed by atoms with van der Waals surface area (Å²) in [5, 5.41) is 6.31. The Morgan fingerprint density at radius 3 is 2.47 bits per heavy atom. The third-order valence-corrected chi connectivity index (χ3v) is 5.11. The van der Waals surface area contributed by atoms with E-state index in [4.69, 9.17) is 0 Å². The summed E-state index contributed by atoms with van der Waals surface area (Å²) in [6, 6.07) is 14.7. The maximum atomic E-state index is 14.1. The molecular weight excluding hydrogens is 522 g/mol. The van der Waals surface area contributed by atoms with Gasteiger partial charge >= 0.3 is 0 Å². The maximum Gasteiger partial charge on any atom is 0.238 e. The van der Waals surface area contributed by atoms with E-state index in [0.29, 0.717) is 18.8 Å². The minimum Gasteiger partial charge on any atom is -0.366 e. The largest absolute Gasteiger partial charge is 0.366 e. The number of amides is 1. The van der Waals surface area contributed by atoms with Crippen molar-refractivity contribution in [1.29, 1.82) is 0 Å². The lowest BCUT2D eigenvalue weighted by Crippen LogP contribution is -2.52. The first-order chi connectivity index (χ1) is 15.0. The summed E-state index contributed by atoms with van der Waals surface area (Å²) in [7, 11) is 5.49. The first-order valence-electron chi connectivity index (χ1n) is 10.4. The SMILES string of the molecule is CN=C(NCc1cccc(NC(=O)CN(C)C)c1)N1CCN(c2ccccc2F)CC1.I. The number of likely N-dealkylation sites (N-methyl/N-ethyl adjacent to an activating group) is 1. The first kappa shape index (κ1) is 25.9. The van der Waals surface area contributed by atoms with Crippen LogP contribution in [0.15, 0.2) is 53.5 Å². The molecule has 1 saturated heterocycles. The molecule has 0 aliphatic carbocycles. The molecular formula is C23H32FIN6O. The second kappa shape index (κ2) is 12.6. The third kappa shape index (κ3) is 7.33. The highest BCUT2D eigenvalue weighted by Crippen LogP contribution is 2.20. The second-order valence-electron chi connectivity index (χ2n) is 7.81. The van der Waals surface area contributed by atoms with Crippen LogP contribution in [0, 0.1) is 5.82 Å². The lowest BCUT2D eigenvalue weighted by molar-refractivity contribution is -0.116. The number of piperazine rings is 1.